The van der Waals surface area contributed by atoms with Gasteiger partial charge in [0.25, 0.3) is 0 Å². The number of amides is 6. The van der Waals surface area contributed by atoms with Gasteiger partial charge >= 0.3 is 24.4 Å². The highest BCUT2D eigenvalue weighted by Gasteiger charge is 2.29. The van der Waals surface area contributed by atoms with Crippen LogP contribution in [0.15, 0.2) is 109 Å². The first-order valence-corrected chi connectivity index (χ1v) is 25.9. The Balaban J connectivity index is 1.27. The zero-order valence-electron chi connectivity index (χ0n) is 43.8. The second-order valence-corrected chi connectivity index (χ2v) is 21.0. The molecule has 4 rings (SSSR count). The molecule has 6 amide bonds. The van der Waals surface area contributed by atoms with Gasteiger partial charge in [-0.3, -0.25) is 9.59 Å². The molecule has 402 valence electrons. The van der Waals surface area contributed by atoms with E-state index in [1.165, 1.54) is 0 Å². The molecule has 0 heterocycles. The van der Waals surface area contributed by atoms with Crippen LogP contribution in [0.2, 0.25) is 0 Å². The monoisotopic (exact) mass is 1060 g/mol. The minimum atomic E-state index is -0.930. The molecule has 18 heteroatoms. The lowest BCUT2D eigenvalue weighted by atomic mass is 9.98. The van der Waals surface area contributed by atoms with Crippen molar-refractivity contribution in [2.24, 2.45) is 0 Å². The van der Waals surface area contributed by atoms with E-state index in [4.69, 9.17) is 42.1 Å². The number of alkyl halides is 2. The van der Waals surface area contributed by atoms with Gasteiger partial charge in [0.05, 0.1) is 10.8 Å². The number of hydrogen-bond acceptors (Lipinski definition) is 10. The van der Waals surface area contributed by atoms with Crippen molar-refractivity contribution < 1.29 is 47.7 Å². The third-order valence-electron chi connectivity index (χ3n) is 11.2. The van der Waals surface area contributed by atoms with Crippen molar-refractivity contribution in [3.8, 4) is 11.1 Å². The van der Waals surface area contributed by atoms with E-state index >= 15 is 0 Å². The predicted molar refractivity (Wildman–Crippen MR) is 288 cm³/mol. The number of nitrogens with one attached hydrogen (secondary N) is 6. The van der Waals surface area contributed by atoms with E-state index in [9.17, 15) is 28.8 Å². The molecule has 4 aromatic rings. The zero-order valence-corrected chi connectivity index (χ0v) is 45.3. The summed E-state index contributed by atoms with van der Waals surface area (Å²) in [4.78, 5) is 77.6. The van der Waals surface area contributed by atoms with Crippen molar-refractivity contribution >= 4 is 59.4 Å². The minimum absolute atomic E-state index is 0.000693. The van der Waals surface area contributed by atoms with Gasteiger partial charge in [0, 0.05) is 25.2 Å². The van der Waals surface area contributed by atoms with Gasteiger partial charge in [0.2, 0.25) is 11.8 Å². The van der Waals surface area contributed by atoms with Crippen molar-refractivity contribution in [2.75, 3.05) is 13.1 Å². The third-order valence-corrected chi connectivity index (χ3v) is 12.4. The van der Waals surface area contributed by atoms with Crippen LogP contribution in [-0.2, 0) is 41.8 Å². The fourth-order valence-corrected chi connectivity index (χ4v) is 7.88. The molecule has 0 saturated carbocycles. The molecular formula is C56H74Cl2N6O10. The lowest BCUT2D eigenvalue weighted by Gasteiger charge is -2.26. The first kappa shape index (κ1) is 60.0. The van der Waals surface area contributed by atoms with Crippen LogP contribution in [0.1, 0.15) is 127 Å². The van der Waals surface area contributed by atoms with Crippen molar-refractivity contribution in [1.29, 1.82) is 0 Å². The Labute approximate surface area is 446 Å². The Bertz CT molecular complexity index is 2420. The Kier molecular flexibility index (Phi) is 24.3. The van der Waals surface area contributed by atoms with E-state index in [1.807, 2.05) is 109 Å². The highest BCUT2D eigenvalue weighted by Crippen LogP contribution is 2.30. The molecule has 0 bridgehead atoms. The number of alkyl carbamates (subject to hydrolysis) is 4. The minimum Gasteiger partial charge on any atom is -0.445 e. The van der Waals surface area contributed by atoms with E-state index in [2.05, 4.69) is 31.9 Å². The van der Waals surface area contributed by atoms with Gasteiger partial charge in [0.15, 0.2) is 0 Å². The second kappa shape index (κ2) is 30.0. The highest BCUT2D eigenvalue weighted by molar-refractivity contribution is 6.21. The highest BCUT2D eigenvalue weighted by atomic mass is 35.5. The molecule has 6 unspecified atom stereocenters. The van der Waals surface area contributed by atoms with Gasteiger partial charge in [-0.1, -0.05) is 97.1 Å². The average molecular weight is 1060 g/mol. The lowest BCUT2D eigenvalue weighted by Crippen LogP contribution is -2.50. The largest absolute Gasteiger partial charge is 0.445 e. The average Bonchev–Trinajstić information content (AvgIpc) is 3.35. The van der Waals surface area contributed by atoms with Gasteiger partial charge < -0.3 is 50.8 Å². The van der Waals surface area contributed by atoms with Crippen molar-refractivity contribution in [1.82, 2.24) is 31.9 Å². The molecule has 16 nitrogen and oxygen atoms in total. The number of halogens is 2. The predicted octanol–water partition coefficient (Wildman–Crippen LogP) is 10.9. The lowest BCUT2D eigenvalue weighted by molar-refractivity contribution is -0.124. The quantitative estimate of drug-likeness (QED) is 0.0210. The molecule has 0 aliphatic carbocycles. The molecule has 0 aliphatic heterocycles. The van der Waals surface area contributed by atoms with Gasteiger partial charge in [-0.25, -0.2) is 19.2 Å². The molecule has 0 saturated heterocycles. The van der Waals surface area contributed by atoms with Gasteiger partial charge in [-0.15, -0.1) is 23.2 Å². The maximum atomic E-state index is 13.7. The summed E-state index contributed by atoms with van der Waals surface area (Å²) in [6.07, 6.45) is -0.0458. The van der Waals surface area contributed by atoms with Crippen LogP contribution in [0.4, 0.5) is 19.2 Å². The first-order valence-electron chi connectivity index (χ1n) is 25.0. The Morgan fingerprint density at radius 2 is 0.905 bits per heavy atom. The number of benzene rings is 4. The van der Waals surface area contributed by atoms with Crippen LogP contribution in [0.25, 0.3) is 11.1 Å². The summed E-state index contributed by atoms with van der Waals surface area (Å²) in [5.74, 6) is -0.842. The molecule has 0 aromatic heterocycles. The molecule has 0 aliphatic rings. The molecule has 6 atom stereocenters. The maximum absolute atomic E-state index is 13.7. The van der Waals surface area contributed by atoms with Crippen LogP contribution in [0.5, 0.6) is 0 Å². The van der Waals surface area contributed by atoms with Crippen LogP contribution in [0, 0.1) is 0 Å². The standard InChI is InChI=1S/C56H74Cl2N6O10/c1-37(47(57)41-24-13-10-14-25-41)61-49(65)45(63-53(69)72-35-39-21-11-9-12-22-39)29-15-17-31-59-51(67)71-36-40-23-19-26-42(33-40)43-27-20-28-44(34-43)48(58)38(2)62-50(66)46(64-54(70)74-56(6,7)8)30-16-18-32-60-52(68)73-55(3,4)5/h9-14,19-28,33-34,37-38,45-48H,15-18,29-32,35-36H2,1-8H3,(H,59,67)(H,60,68)(H,61,65)(H,62,66)(H,63,69)(H,64,70). The molecule has 0 radical (unpaired) electrons. The molecule has 0 fully saturated rings. The number of rotatable bonds is 25. The number of unbranched alkanes of at least 4 members (excludes halogenated alkanes) is 2. The molecule has 0 spiro atoms. The fraction of sp³-hybridized carbons (Fsp3) is 0.464. The summed E-state index contributed by atoms with van der Waals surface area (Å²) in [6, 6.07) is 30.9. The molecular weight excluding hydrogens is 988 g/mol. The van der Waals surface area contributed by atoms with E-state index in [-0.39, 0.29) is 32.6 Å². The normalized spacial score (nSPS) is 13.8. The van der Waals surface area contributed by atoms with Crippen LogP contribution in [-0.4, -0.2) is 84.6 Å². The number of carbonyl (C=O) groups excluding carboxylic acids is 6. The maximum Gasteiger partial charge on any atom is 0.408 e. The molecule has 6 N–H and O–H groups in total. The Morgan fingerprint density at radius 3 is 1.47 bits per heavy atom. The number of hydrogen-bond donors (Lipinski definition) is 6. The van der Waals surface area contributed by atoms with E-state index in [1.54, 1.807) is 55.4 Å². The molecule has 4 aromatic carbocycles. The van der Waals surface area contributed by atoms with Crippen LogP contribution >= 0.6 is 23.2 Å². The molecule has 74 heavy (non-hydrogen) atoms. The smallest absolute Gasteiger partial charge is 0.408 e. The summed E-state index contributed by atoms with van der Waals surface area (Å²) in [7, 11) is 0. The van der Waals surface area contributed by atoms with Gasteiger partial charge in [0.1, 0.15) is 36.5 Å². The second-order valence-electron chi connectivity index (χ2n) is 20.0. The Hall–Kier alpha value is -6.52. The van der Waals surface area contributed by atoms with E-state index in [0.717, 1.165) is 33.4 Å². The van der Waals surface area contributed by atoms with Gasteiger partial charge in [-0.2, -0.15) is 0 Å². The SMILES string of the molecule is CC(NC(=O)C(CCCCNC(=O)OCc1cccc(-c2cccc(C(Cl)C(C)NC(=O)C(CCCCNC(=O)OC(C)(C)C)NC(=O)OC(C)(C)C)c2)c1)NC(=O)OCc1ccccc1)C(Cl)c1ccccc1. The summed E-state index contributed by atoms with van der Waals surface area (Å²) in [5.41, 5.74) is 3.44. The Morgan fingerprint density at radius 1 is 0.473 bits per heavy atom. The zero-order chi connectivity index (χ0) is 54.3. The number of carbonyl (C=O) groups is 6. The van der Waals surface area contributed by atoms with E-state index in [0.29, 0.717) is 32.2 Å². The van der Waals surface area contributed by atoms with Crippen LogP contribution < -0.4 is 31.9 Å². The number of ether oxygens (including phenoxy) is 4. The first-order chi connectivity index (χ1) is 35.1. The van der Waals surface area contributed by atoms with Crippen molar-refractivity contribution in [2.45, 2.75) is 153 Å². The third kappa shape index (κ3) is 22.7. The summed E-state index contributed by atoms with van der Waals surface area (Å²) < 4.78 is 21.7. The fourth-order valence-electron chi connectivity index (χ4n) is 7.48. The topological polar surface area (TPSA) is 212 Å². The van der Waals surface area contributed by atoms with E-state index < -0.39 is 82.3 Å². The summed E-state index contributed by atoms with van der Waals surface area (Å²) in [5, 5.41) is 15.6. The summed E-state index contributed by atoms with van der Waals surface area (Å²) >= 11 is 13.7. The van der Waals surface area contributed by atoms with Crippen LogP contribution in [0.3, 0.4) is 0 Å². The van der Waals surface area contributed by atoms with Gasteiger partial charge in [-0.05, 0) is 139 Å². The summed E-state index contributed by atoms with van der Waals surface area (Å²) in [6.45, 7) is 14.8. The van der Waals surface area contributed by atoms with Crippen molar-refractivity contribution in [3.05, 3.63) is 131 Å². The van der Waals surface area contributed by atoms with Crippen molar-refractivity contribution in [3.63, 3.8) is 0 Å².